The Labute approximate surface area is 352 Å². The second-order valence-corrected chi connectivity index (χ2v) is 16.0. The van der Waals surface area contributed by atoms with Gasteiger partial charge < -0.3 is 13.4 Å². The van der Waals surface area contributed by atoms with Crippen molar-refractivity contribution >= 4 is 98.3 Å². The predicted molar refractivity (Wildman–Crippen MR) is 251 cm³/mol. The van der Waals surface area contributed by atoms with E-state index in [1.165, 1.54) is 5.39 Å². The lowest BCUT2D eigenvalue weighted by Crippen LogP contribution is -2.08. The first-order valence-electron chi connectivity index (χ1n) is 20.8. The van der Waals surface area contributed by atoms with Crippen molar-refractivity contribution in [1.82, 2.24) is 24.1 Å². The zero-order valence-corrected chi connectivity index (χ0v) is 33.0. The Balaban J connectivity index is 1.13. The molecule has 0 fully saturated rings. The average Bonchev–Trinajstić information content (AvgIpc) is 4.08. The van der Waals surface area contributed by atoms with Crippen LogP contribution in [-0.2, 0) is 0 Å². The Morgan fingerprint density at radius 1 is 0.339 bits per heavy atom. The molecule has 0 radical (unpaired) electrons. The van der Waals surface area contributed by atoms with Gasteiger partial charge >= 0.3 is 0 Å². The fraction of sp³-hybridized carbons (Fsp3) is 0. The number of rotatable bonds is 4. The SMILES string of the molecule is c1ccc2cc3c(cc2c1)c1ccccc1n3-c1c(-c2nc(-c3ccc4c(c3)oc3ccccc34)nc(-n3c4ccccc4c4ccccc43)n2)ccc2oc3ccccc3c12. The Morgan fingerprint density at radius 2 is 0.887 bits per heavy atom. The molecule has 0 aliphatic rings. The molecule has 9 aromatic carbocycles. The Kier molecular flexibility index (Phi) is 6.71. The van der Waals surface area contributed by atoms with Gasteiger partial charge in [0.1, 0.15) is 22.3 Å². The number of hydrogen-bond acceptors (Lipinski definition) is 5. The van der Waals surface area contributed by atoms with Crippen LogP contribution in [0.1, 0.15) is 0 Å². The summed E-state index contributed by atoms with van der Waals surface area (Å²) in [6.45, 7) is 0. The summed E-state index contributed by atoms with van der Waals surface area (Å²) in [5.74, 6) is 1.58. The molecule has 5 aromatic heterocycles. The van der Waals surface area contributed by atoms with Crippen molar-refractivity contribution in [2.75, 3.05) is 0 Å². The summed E-state index contributed by atoms with van der Waals surface area (Å²) in [7, 11) is 0. The molecule has 14 rings (SSSR count). The lowest BCUT2D eigenvalue weighted by molar-refractivity contribution is 0.668. The van der Waals surface area contributed by atoms with Crippen molar-refractivity contribution in [1.29, 1.82) is 0 Å². The normalized spacial score (nSPS) is 12.2. The molecule has 14 aromatic rings. The van der Waals surface area contributed by atoms with Crippen LogP contribution in [0.3, 0.4) is 0 Å². The van der Waals surface area contributed by atoms with Crippen molar-refractivity contribution in [2.45, 2.75) is 0 Å². The van der Waals surface area contributed by atoms with Crippen LogP contribution in [0.2, 0.25) is 0 Å². The third-order valence-corrected chi connectivity index (χ3v) is 12.6. The van der Waals surface area contributed by atoms with Crippen molar-refractivity contribution in [2.24, 2.45) is 0 Å². The number of fused-ring (bicyclic) bond motifs is 13. The average molecular weight is 794 g/mol. The van der Waals surface area contributed by atoms with Gasteiger partial charge in [0.05, 0.1) is 33.1 Å². The number of nitrogens with zero attached hydrogens (tertiary/aromatic N) is 5. The minimum absolute atomic E-state index is 0.517. The molecule has 0 atom stereocenters. The molecule has 0 saturated carbocycles. The molecule has 7 heteroatoms. The van der Waals surface area contributed by atoms with Crippen LogP contribution < -0.4 is 0 Å². The van der Waals surface area contributed by atoms with E-state index in [-0.39, 0.29) is 0 Å². The monoisotopic (exact) mass is 793 g/mol. The first-order chi connectivity index (χ1) is 30.7. The molecule has 0 unspecified atom stereocenters. The maximum atomic E-state index is 6.63. The first-order valence-corrected chi connectivity index (χ1v) is 20.8. The summed E-state index contributed by atoms with van der Waals surface area (Å²) in [6, 6.07) is 65.5. The first kappa shape index (κ1) is 33.3. The molecule has 5 heterocycles. The third-order valence-electron chi connectivity index (χ3n) is 12.6. The van der Waals surface area contributed by atoms with Gasteiger partial charge in [0, 0.05) is 48.8 Å². The van der Waals surface area contributed by atoms with Crippen LogP contribution in [0.25, 0.3) is 133 Å². The molecule has 0 aliphatic heterocycles. The van der Waals surface area contributed by atoms with E-state index in [0.717, 1.165) is 110 Å². The summed E-state index contributed by atoms with van der Waals surface area (Å²) in [5.41, 5.74) is 9.98. The number of hydrogen-bond donors (Lipinski definition) is 0. The summed E-state index contributed by atoms with van der Waals surface area (Å²) in [4.78, 5) is 16.3. The highest BCUT2D eigenvalue weighted by atomic mass is 16.3. The number of aromatic nitrogens is 5. The molecule has 0 saturated heterocycles. The fourth-order valence-corrected chi connectivity index (χ4v) is 9.82. The lowest BCUT2D eigenvalue weighted by atomic mass is 10.0. The molecule has 0 aliphatic carbocycles. The van der Waals surface area contributed by atoms with Crippen LogP contribution in [0.15, 0.2) is 197 Å². The Bertz CT molecular complexity index is 4130. The molecular formula is C55H31N5O2. The van der Waals surface area contributed by atoms with Crippen LogP contribution in [-0.4, -0.2) is 24.1 Å². The van der Waals surface area contributed by atoms with Crippen LogP contribution >= 0.6 is 0 Å². The van der Waals surface area contributed by atoms with E-state index in [0.29, 0.717) is 17.6 Å². The number of furan rings is 2. The summed E-state index contributed by atoms with van der Waals surface area (Å²) >= 11 is 0. The molecule has 7 nitrogen and oxygen atoms in total. The van der Waals surface area contributed by atoms with Gasteiger partial charge in [-0.3, -0.25) is 4.57 Å². The van der Waals surface area contributed by atoms with Crippen molar-refractivity contribution in [3.63, 3.8) is 0 Å². The quantitative estimate of drug-likeness (QED) is 0.177. The zero-order valence-electron chi connectivity index (χ0n) is 33.0. The topological polar surface area (TPSA) is 74.8 Å². The van der Waals surface area contributed by atoms with Crippen LogP contribution in [0.4, 0.5) is 0 Å². The zero-order chi connectivity index (χ0) is 40.5. The van der Waals surface area contributed by atoms with Crippen molar-refractivity contribution < 1.29 is 8.83 Å². The summed E-state index contributed by atoms with van der Waals surface area (Å²) in [6.07, 6.45) is 0. The molecule has 0 bridgehead atoms. The van der Waals surface area contributed by atoms with E-state index < -0.39 is 0 Å². The largest absolute Gasteiger partial charge is 0.456 e. The van der Waals surface area contributed by atoms with Gasteiger partial charge in [0.25, 0.3) is 0 Å². The fourth-order valence-electron chi connectivity index (χ4n) is 9.82. The molecule has 0 spiro atoms. The number of para-hydroxylation sites is 5. The third kappa shape index (κ3) is 4.67. The molecule has 0 amide bonds. The van der Waals surface area contributed by atoms with E-state index >= 15 is 0 Å². The highest BCUT2D eigenvalue weighted by molar-refractivity contribution is 6.18. The van der Waals surface area contributed by atoms with Gasteiger partial charge in [0.2, 0.25) is 5.95 Å². The van der Waals surface area contributed by atoms with E-state index in [4.69, 9.17) is 23.8 Å². The van der Waals surface area contributed by atoms with E-state index in [1.807, 2.05) is 30.3 Å². The lowest BCUT2D eigenvalue weighted by Gasteiger charge is -2.16. The second-order valence-electron chi connectivity index (χ2n) is 16.0. The van der Waals surface area contributed by atoms with Gasteiger partial charge in [-0.2, -0.15) is 9.97 Å². The second kappa shape index (κ2) is 12.5. The summed E-state index contributed by atoms with van der Waals surface area (Å²) in [5, 5.41) is 11.0. The standard InChI is InChI=1S/C55H31N5O2/c1-2-14-33-30-46-42(29-32(33)13-1)37-17-5-8-20-43(37)59(46)52-41(27-28-49-51(52)40-19-7-12-24-48(40)61-49)54-56-53(34-25-26-39-38-18-6-11-23-47(38)62-50(39)31-34)57-55(58-54)60-44-21-9-3-15-35(44)36-16-4-10-22-45(36)60/h1-31H. The van der Waals surface area contributed by atoms with Crippen LogP contribution in [0, 0.1) is 0 Å². The van der Waals surface area contributed by atoms with Gasteiger partial charge in [-0.05, 0) is 77.5 Å². The smallest absolute Gasteiger partial charge is 0.238 e. The summed E-state index contributed by atoms with van der Waals surface area (Å²) < 4.78 is 17.6. The van der Waals surface area contributed by atoms with Gasteiger partial charge in [-0.25, -0.2) is 4.98 Å². The van der Waals surface area contributed by atoms with Gasteiger partial charge in [0.15, 0.2) is 11.6 Å². The minimum atomic E-state index is 0.517. The molecule has 288 valence electrons. The van der Waals surface area contributed by atoms with E-state index in [9.17, 15) is 0 Å². The molecule has 62 heavy (non-hydrogen) atoms. The number of benzene rings is 9. The Hall–Kier alpha value is -8.55. The van der Waals surface area contributed by atoms with Gasteiger partial charge in [-0.15, -0.1) is 0 Å². The molecular weight excluding hydrogens is 763 g/mol. The highest BCUT2D eigenvalue weighted by Crippen LogP contribution is 2.44. The van der Waals surface area contributed by atoms with Crippen molar-refractivity contribution in [3.8, 4) is 34.4 Å². The maximum Gasteiger partial charge on any atom is 0.238 e. The highest BCUT2D eigenvalue weighted by Gasteiger charge is 2.25. The molecule has 0 N–H and O–H groups in total. The predicted octanol–water partition coefficient (Wildman–Crippen LogP) is 14.4. The van der Waals surface area contributed by atoms with E-state index in [2.05, 4.69) is 167 Å². The van der Waals surface area contributed by atoms with E-state index in [1.54, 1.807) is 0 Å². The minimum Gasteiger partial charge on any atom is -0.456 e. The Morgan fingerprint density at radius 3 is 1.63 bits per heavy atom. The van der Waals surface area contributed by atoms with Gasteiger partial charge in [-0.1, -0.05) is 121 Å². The van der Waals surface area contributed by atoms with Crippen molar-refractivity contribution in [3.05, 3.63) is 188 Å². The maximum absolute atomic E-state index is 6.63. The van der Waals surface area contributed by atoms with Crippen LogP contribution in [0.5, 0.6) is 0 Å².